The predicted octanol–water partition coefficient (Wildman–Crippen LogP) is 9.63. The van der Waals surface area contributed by atoms with Crippen molar-refractivity contribution in [1.29, 1.82) is 0 Å². The van der Waals surface area contributed by atoms with Crippen molar-refractivity contribution in [3.8, 4) is 23.5 Å². The van der Waals surface area contributed by atoms with Gasteiger partial charge in [-0.15, -0.1) is 0 Å². The topological polar surface area (TPSA) is 200 Å². The summed E-state index contributed by atoms with van der Waals surface area (Å²) < 4.78 is 22.5. The Hall–Kier alpha value is -6.58. The molecule has 0 fully saturated rings. The fraction of sp³-hybridized carbons (Fsp3) is 0.409. The Morgan fingerprint density at radius 1 is 0.667 bits per heavy atom. The molecule has 6 rings (SSSR count). The van der Waals surface area contributed by atoms with Crippen LogP contribution < -0.4 is 18.9 Å². The Morgan fingerprint density at radius 3 is 1.62 bits per heavy atom. The van der Waals surface area contributed by atoms with Gasteiger partial charge in [0.2, 0.25) is 11.8 Å². The van der Waals surface area contributed by atoms with Gasteiger partial charge in [0.15, 0.2) is 0 Å². The molecule has 16 heteroatoms. The minimum absolute atomic E-state index is 0.0103. The molecule has 5 aromatic rings. The van der Waals surface area contributed by atoms with E-state index in [1.807, 2.05) is 27.8 Å². The summed E-state index contributed by atoms with van der Waals surface area (Å²) in [6.07, 6.45) is 4.55. The van der Waals surface area contributed by atoms with Crippen molar-refractivity contribution >= 4 is 34.4 Å². The Kier molecular flexibility index (Phi) is 15.9. The molecule has 0 bridgehead atoms. The summed E-state index contributed by atoms with van der Waals surface area (Å²) in [4.78, 5) is 37.7. The fourth-order valence-corrected chi connectivity index (χ4v) is 6.59. The third-order valence-electron chi connectivity index (χ3n) is 10.6. The van der Waals surface area contributed by atoms with Gasteiger partial charge in [-0.05, 0) is 129 Å². The number of allylic oxidation sites excluding steroid dienone is 2. The van der Waals surface area contributed by atoms with E-state index in [2.05, 4.69) is 64.3 Å². The van der Waals surface area contributed by atoms with E-state index < -0.39 is 9.85 Å². The molecule has 16 nitrogen and oxygen atoms in total. The van der Waals surface area contributed by atoms with Gasteiger partial charge in [0.05, 0.1) is 49.6 Å². The zero-order valence-corrected chi connectivity index (χ0v) is 37.8. The molecule has 0 saturated carbocycles. The number of aliphatic hydroxyl groups excluding tert-OH is 1. The van der Waals surface area contributed by atoms with Gasteiger partial charge in [-0.3, -0.25) is 20.2 Å². The summed E-state index contributed by atoms with van der Waals surface area (Å²) in [7, 11) is 8.09. The number of pyridine rings is 4. The molecule has 60 heavy (non-hydrogen) atoms. The average molecular weight is 828 g/mol. The number of hydrogen-bond donors (Lipinski definition) is 1. The lowest BCUT2D eigenvalue weighted by Gasteiger charge is -2.10. The zero-order chi connectivity index (χ0) is 45.5. The molecule has 1 aliphatic carbocycles. The number of hydrogen-bond acceptors (Lipinski definition) is 13. The molecular weight excluding hydrogens is 771 g/mol. The number of nitro groups is 2. The molecule has 0 radical (unpaired) electrons. The zero-order valence-electron chi connectivity index (χ0n) is 37.8. The number of aromatic nitrogens is 5. The quantitative estimate of drug-likeness (QED) is 0.0924. The van der Waals surface area contributed by atoms with E-state index in [-0.39, 0.29) is 28.9 Å². The first-order chi connectivity index (χ1) is 28.1. The molecule has 1 aliphatic rings. The molecule has 5 heterocycles. The largest absolute Gasteiger partial charge is 0.513 e. The molecule has 1 N–H and O–H groups in total. The van der Waals surface area contributed by atoms with Gasteiger partial charge in [-0.1, -0.05) is 11.6 Å². The van der Waals surface area contributed by atoms with Gasteiger partial charge in [0, 0.05) is 52.0 Å². The maximum absolute atomic E-state index is 11.0. The van der Waals surface area contributed by atoms with Gasteiger partial charge in [-0.25, -0.2) is 19.9 Å². The van der Waals surface area contributed by atoms with Crippen LogP contribution in [0, 0.1) is 89.5 Å². The minimum atomic E-state index is -0.562. The Labute approximate surface area is 351 Å². The number of nitrogens with zero attached hydrogens (tertiary/aromatic N) is 7. The van der Waals surface area contributed by atoms with Crippen LogP contribution in [0.25, 0.3) is 23.1 Å². The molecule has 0 aromatic carbocycles. The highest BCUT2D eigenvalue weighted by molar-refractivity contribution is 5.89. The van der Waals surface area contributed by atoms with Gasteiger partial charge in [0.25, 0.3) is 11.8 Å². The molecule has 0 unspecified atom stereocenters. The van der Waals surface area contributed by atoms with Crippen LogP contribution in [-0.4, -0.2) is 67.9 Å². The number of aliphatic hydroxyl groups is 1. The second kappa shape index (κ2) is 19.9. The SMILES string of the molecule is COc1nc(C)c(C)c(/C=C(/C)O)c1[N+](=O)[O-].COc1nc(C)c(C)c(C)c1[N+](=O)[O-].COc1nc(C)c(C)c2c1CC(C)=C2.COc1nc(C)c(C)c2cc(C)n(C)c12. The monoisotopic (exact) mass is 827 g/mol. The normalized spacial score (nSPS) is 11.6. The smallest absolute Gasteiger partial charge is 0.338 e. The first kappa shape index (κ1) is 47.8. The second-order valence-electron chi connectivity index (χ2n) is 14.5. The number of aryl methyl sites for hydroxylation is 7. The van der Waals surface area contributed by atoms with Crippen molar-refractivity contribution in [2.24, 2.45) is 7.05 Å². The summed E-state index contributed by atoms with van der Waals surface area (Å²) in [6, 6.07) is 2.18. The number of methoxy groups -OCH3 is 4. The van der Waals surface area contributed by atoms with E-state index in [0.29, 0.717) is 28.3 Å². The van der Waals surface area contributed by atoms with Crippen molar-refractivity contribution in [1.82, 2.24) is 24.5 Å². The lowest BCUT2D eigenvalue weighted by atomic mass is 10.0. The fourth-order valence-electron chi connectivity index (χ4n) is 6.59. The third kappa shape index (κ3) is 10.2. The molecular formula is C44H57N7O9. The first-order valence-electron chi connectivity index (χ1n) is 19.0. The van der Waals surface area contributed by atoms with E-state index in [4.69, 9.17) is 18.9 Å². The number of ether oxygens (including phenoxy) is 4. The van der Waals surface area contributed by atoms with Crippen LogP contribution in [0.3, 0.4) is 0 Å². The third-order valence-corrected chi connectivity index (χ3v) is 10.6. The summed E-state index contributed by atoms with van der Waals surface area (Å²) in [5.74, 6) is 1.52. The van der Waals surface area contributed by atoms with E-state index in [1.54, 1.807) is 41.9 Å². The Bertz CT molecular complexity index is 2520. The van der Waals surface area contributed by atoms with Crippen LogP contribution in [0.2, 0.25) is 0 Å². The van der Waals surface area contributed by atoms with Gasteiger partial charge >= 0.3 is 11.4 Å². The summed E-state index contributed by atoms with van der Waals surface area (Å²) >= 11 is 0. The van der Waals surface area contributed by atoms with E-state index in [0.717, 1.165) is 40.5 Å². The molecule has 0 atom stereocenters. The van der Waals surface area contributed by atoms with Crippen LogP contribution in [0.4, 0.5) is 11.4 Å². The van der Waals surface area contributed by atoms with Gasteiger partial charge in [0.1, 0.15) is 5.52 Å². The summed E-state index contributed by atoms with van der Waals surface area (Å²) in [5.41, 5.74) is 14.3. The molecule has 0 aliphatic heterocycles. The summed E-state index contributed by atoms with van der Waals surface area (Å²) in [5, 5.41) is 32.3. The van der Waals surface area contributed by atoms with E-state index in [9.17, 15) is 25.3 Å². The molecule has 0 spiro atoms. The summed E-state index contributed by atoms with van der Waals surface area (Å²) in [6.45, 7) is 22.7. The van der Waals surface area contributed by atoms with E-state index in [1.165, 1.54) is 66.1 Å². The van der Waals surface area contributed by atoms with Crippen molar-refractivity contribution in [3.05, 3.63) is 111 Å². The molecule has 0 amide bonds. The van der Waals surface area contributed by atoms with Crippen LogP contribution in [-0.2, 0) is 13.5 Å². The Balaban J connectivity index is 0.000000214. The molecule has 0 saturated heterocycles. The maximum Gasteiger partial charge on any atom is 0.338 e. The van der Waals surface area contributed by atoms with Crippen molar-refractivity contribution < 1.29 is 33.9 Å². The minimum Gasteiger partial charge on any atom is -0.513 e. The highest BCUT2D eigenvalue weighted by Crippen LogP contribution is 2.36. The van der Waals surface area contributed by atoms with Gasteiger partial charge < -0.3 is 28.6 Å². The van der Waals surface area contributed by atoms with E-state index >= 15 is 0 Å². The highest BCUT2D eigenvalue weighted by atomic mass is 16.6. The van der Waals surface area contributed by atoms with Crippen LogP contribution in [0.15, 0.2) is 17.4 Å². The lowest BCUT2D eigenvalue weighted by Crippen LogP contribution is -2.03. The van der Waals surface area contributed by atoms with Gasteiger partial charge in [-0.2, -0.15) is 0 Å². The molecule has 322 valence electrons. The second-order valence-corrected chi connectivity index (χ2v) is 14.5. The van der Waals surface area contributed by atoms with Crippen LogP contribution in [0.1, 0.15) is 86.8 Å². The maximum atomic E-state index is 11.0. The average Bonchev–Trinajstić information content (AvgIpc) is 3.73. The lowest BCUT2D eigenvalue weighted by molar-refractivity contribution is -0.386. The number of fused-ring (bicyclic) bond motifs is 2. The van der Waals surface area contributed by atoms with Crippen molar-refractivity contribution in [3.63, 3.8) is 0 Å². The van der Waals surface area contributed by atoms with Crippen LogP contribution in [0.5, 0.6) is 23.5 Å². The molecule has 5 aromatic heterocycles. The van der Waals surface area contributed by atoms with Crippen LogP contribution >= 0.6 is 0 Å². The van der Waals surface area contributed by atoms with Crippen molar-refractivity contribution in [2.45, 2.75) is 89.5 Å². The predicted molar refractivity (Wildman–Crippen MR) is 234 cm³/mol. The Morgan fingerprint density at radius 2 is 1.12 bits per heavy atom. The number of rotatable bonds is 7. The standard InChI is InChI=1S/C12H16N2O.C12H15NO.C11H14N2O4.C9H12N2O3/c1-7-6-10-8(2)9(3)13-12(15-5)11(10)14(7)4;1-7-5-10-8(2)9(3)13-12(14-4)11(10)6-7;1-6(14)5-9-7(2)8(3)12-11(17-4)10(9)13(15)16;1-5-6(2)8(11(12)13)9(14-4)10-7(5)3/h6H,1-5H3;5H,6H2,1-4H3;5,14H,1-4H3;1-4H3/b;;6-5-;. The first-order valence-corrected chi connectivity index (χ1v) is 19.0. The van der Waals surface area contributed by atoms with Crippen molar-refractivity contribution in [2.75, 3.05) is 28.4 Å². The highest BCUT2D eigenvalue weighted by Gasteiger charge is 2.26.